The molecule has 3 aliphatic carbocycles. The first-order chi connectivity index (χ1) is 25.5. The number of carbonyl (C=O) groups is 2. The third kappa shape index (κ3) is 8.35. The van der Waals surface area contributed by atoms with Crippen LogP contribution in [0.3, 0.4) is 0 Å². The van der Waals surface area contributed by atoms with Crippen LogP contribution in [0.2, 0.25) is 0 Å². The number of benzene rings is 4. The number of allylic oxidation sites excluding steroid dienone is 2. The van der Waals surface area contributed by atoms with Gasteiger partial charge in [-0.1, -0.05) is 123 Å². The molecule has 0 radical (unpaired) electrons. The van der Waals surface area contributed by atoms with Gasteiger partial charge in [-0.15, -0.1) is 0 Å². The van der Waals surface area contributed by atoms with Crippen LogP contribution in [0, 0.1) is 5.41 Å². The molecule has 2 bridgehead atoms. The van der Waals surface area contributed by atoms with E-state index in [0.717, 1.165) is 47.1 Å². The number of nitrogens with one attached hydrogen (secondary N) is 1. The zero-order valence-corrected chi connectivity index (χ0v) is 31.9. The number of carbonyl (C=O) groups excluding carboxylic acids is 2. The number of hydrogen-bond donors (Lipinski definition) is 3. The van der Waals surface area contributed by atoms with E-state index < -0.39 is 17.1 Å². The van der Waals surface area contributed by atoms with Gasteiger partial charge < -0.3 is 20.4 Å². The fourth-order valence-electron chi connectivity index (χ4n) is 8.83. The van der Waals surface area contributed by atoms with Gasteiger partial charge in [0.05, 0.1) is 24.3 Å². The van der Waals surface area contributed by atoms with Gasteiger partial charge in [-0.05, 0) is 105 Å². The number of urea groups is 1. The van der Waals surface area contributed by atoms with Gasteiger partial charge in [0.15, 0.2) is 5.78 Å². The van der Waals surface area contributed by atoms with E-state index in [1.807, 2.05) is 97.9 Å². The molecule has 0 aliphatic heterocycles. The standard InChI is InChI=1S/C47H56N2O4/c1-5-29-49(45(52)48-34(3)36-16-8-6-9-17-36)32-47(53)28-26-43-40-25-23-35(30-38(50)24-22-33(2)15-14-27-46(43,47)4)31-42(40)44(51)41-21-13-12-20-39(41)37-18-10-7-11-19-37/h6-13,15-21,23,25,31,34,38,43,50,53H,5,14,22,24,26-30,32H2,1-4H3,(H,48,52)/t34-,38+,43+,46+,47-/m1/s1. The topological polar surface area (TPSA) is 89.9 Å². The Hall–Kier alpha value is -4.52. The lowest BCUT2D eigenvalue weighted by Crippen LogP contribution is -2.55. The molecule has 7 rings (SSSR count). The molecule has 0 aromatic heterocycles. The lowest BCUT2D eigenvalue weighted by Gasteiger charge is -2.46. The molecule has 278 valence electrons. The van der Waals surface area contributed by atoms with E-state index in [4.69, 9.17) is 0 Å². The van der Waals surface area contributed by atoms with Crippen LogP contribution in [0.4, 0.5) is 4.79 Å². The maximum Gasteiger partial charge on any atom is 0.317 e. The average Bonchev–Trinajstić information content (AvgIpc) is 3.42. The molecule has 53 heavy (non-hydrogen) atoms. The number of rotatable bonds is 9. The number of hydrogen-bond acceptors (Lipinski definition) is 4. The summed E-state index contributed by atoms with van der Waals surface area (Å²) in [4.78, 5) is 30.7. The Labute approximate surface area is 316 Å². The minimum absolute atomic E-state index is 0.0571. The lowest BCUT2D eigenvalue weighted by atomic mass is 9.64. The zero-order chi connectivity index (χ0) is 37.6. The van der Waals surface area contributed by atoms with E-state index in [0.29, 0.717) is 49.8 Å². The lowest BCUT2D eigenvalue weighted by molar-refractivity contribution is -0.0770. The molecule has 2 amide bonds. The second kappa shape index (κ2) is 16.7. The highest BCUT2D eigenvalue weighted by Crippen LogP contribution is 2.59. The molecule has 0 unspecified atom stereocenters. The molecule has 6 nitrogen and oxygen atoms in total. The number of aliphatic hydroxyl groups excluding tert-OH is 1. The molecule has 6 heteroatoms. The molecule has 0 spiro atoms. The van der Waals surface area contributed by atoms with Crippen LogP contribution in [-0.4, -0.2) is 51.7 Å². The second-order valence-corrected chi connectivity index (χ2v) is 15.7. The summed E-state index contributed by atoms with van der Waals surface area (Å²) in [5, 5.41) is 27.2. The Balaban J connectivity index is 1.41. The second-order valence-electron chi connectivity index (χ2n) is 15.7. The summed E-state index contributed by atoms with van der Waals surface area (Å²) in [5.74, 6) is -0.195. The van der Waals surface area contributed by atoms with Crippen molar-refractivity contribution in [2.75, 3.05) is 13.1 Å². The normalized spacial score (nSPS) is 23.7. The molecule has 3 N–H and O–H groups in total. The van der Waals surface area contributed by atoms with Gasteiger partial charge >= 0.3 is 6.03 Å². The summed E-state index contributed by atoms with van der Waals surface area (Å²) in [7, 11) is 0. The summed E-state index contributed by atoms with van der Waals surface area (Å²) in [6.45, 7) is 9.07. The molecule has 4 aromatic carbocycles. The fourth-order valence-corrected chi connectivity index (χ4v) is 8.83. The van der Waals surface area contributed by atoms with Gasteiger partial charge in [-0.2, -0.15) is 0 Å². The molecule has 3 aliphatic rings. The van der Waals surface area contributed by atoms with Gasteiger partial charge in [0.1, 0.15) is 0 Å². The predicted octanol–water partition coefficient (Wildman–Crippen LogP) is 9.81. The van der Waals surface area contributed by atoms with Crippen molar-refractivity contribution in [3.05, 3.63) is 143 Å². The maximum atomic E-state index is 14.9. The van der Waals surface area contributed by atoms with Crippen LogP contribution in [0.5, 0.6) is 0 Å². The number of fused-ring (bicyclic) bond motifs is 8. The first-order valence-electron chi connectivity index (χ1n) is 19.5. The van der Waals surface area contributed by atoms with E-state index in [1.165, 1.54) is 5.57 Å². The van der Waals surface area contributed by atoms with E-state index >= 15 is 0 Å². The van der Waals surface area contributed by atoms with Crippen molar-refractivity contribution in [3.8, 4) is 11.1 Å². The Kier molecular flexibility index (Phi) is 12.0. The molecule has 1 saturated carbocycles. The highest BCUT2D eigenvalue weighted by Gasteiger charge is 2.57. The third-order valence-corrected chi connectivity index (χ3v) is 12.0. The monoisotopic (exact) mass is 712 g/mol. The SMILES string of the molecule is CCCN(C[C@]1(O)CC[C@H]2c3ccc(cc3C(=O)c3ccccc3-c3ccccc3)C[C@@H](O)CCC(C)=CCC[C@@]21C)C(=O)N[C@H](C)c1ccccc1. The zero-order valence-electron chi connectivity index (χ0n) is 31.9. The molecular weight excluding hydrogens is 657 g/mol. The number of amides is 2. The Morgan fingerprint density at radius 3 is 2.34 bits per heavy atom. The summed E-state index contributed by atoms with van der Waals surface area (Å²) in [6, 6.07) is 33.5. The van der Waals surface area contributed by atoms with Crippen molar-refractivity contribution < 1.29 is 19.8 Å². The minimum Gasteiger partial charge on any atom is -0.393 e. The van der Waals surface area contributed by atoms with Gasteiger partial charge in [-0.25, -0.2) is 4.79 Å². The highest BCUT2D eigenvalue weighted by molar-refractivity contribution is 6.13. The summed E-state index contributed by atoms with van der Waals surface area (Å²) >= 11 is 0. The van der Waals surface area contributed by atoms with Crippen LogP contribution in [0.25, 0.3) is 11.1 Å². The molecule has 0 heterocycles. The van der Waals surface area contributed by atoms with Gasteiger partial charge in [0.2, 0.25) is 0 Å². The average molecular weight is 713 g/mol. The predicted molar refractivity (Wildman–Crippen MR) is 214 cm³/mol. The van der Waals surface area contributed by atoms with Crippen molar-refractivity contribution in [2.24, 2.45) is 5.41 Å². The largest absolute Gasteiger partial charge is 0.393 e. The van der Waals surface area contributed by atoms with Crippen molar-refractivity contribution in [1.82, 2.24) is 10.2 Å². The number of nitrogens with zero attached hydrogens (tertiary/aromatic N) is 1. The van der Waals surface area contributed by atoms with Crippen LogP contribution in [0.15, 0.2) is 115 Å². The van der Waals surface area contributed by atoms with E-state index in [9.17, 15) is 19.8 Å². The Morgan fingerprint density at radius 2 is 1.60 bits per heavy atom. The first kappa shape index (κ1) is 38.2. The van der Waals surface area contributed by atoms with Crippen LogP contribution < -0.4 is 5.32 Å². The Morgan fingerprint density at radius 1 is 0.906 bits per heavy atom. The molecule has 1 fully saturated rings. The van der Waals surface area contributed by atoms with Crippen LogP contribution in [0.1, 0.15) is 117 Å². The third-order valence-electron chi connectivity index (χ3n) is 12.0. The summed E-state index contributed by atoms with van der Waals surface area (Å²) in [5.41, 5.74) is 5.37. The van der Waals surface area contributed by atoms with Crippen molar-refractivity contribution in [3.63, 3.8) is 0 Å². The Bertz CT molecular complexity index is 1910. The van der Waals surface area contributed by atoms with Crippen molar-refractivity contribution >= 4 is 11.8 Å². The van der Waals surface area contributed by atoms with E-state index in [-0.39, 0.29) is 30.3 Å². The smallest absolute Gasteiger partial charge is 0.317 e. The van der Waals surface area contributed by atoms with Crippen LogP contribution in [-0.2, 0) is 6.42 Å². The quantitative estimate of drug-likeness (QED) is 0.119. The molecule has 5 atom stereocenters. The van der Waals surface area contributed by atoms with E-state index in [2.05, 4.69) is 44.3 Å². The highest BCUT2D eigenvalue weighted by atomic mass is 16.3. The summed E-state index contributed by atoms with van der Waals surface area (Å²) < 4.78 is 0. The van der Waals surface area contributed by atoms with Gasteiger partial charge in [0.25, 0.3) is 0 Å². The fraction of sp³-hybridized carbons (Fsp3) is 0.404. The van der Waals surface area contributed by atoms with Gasteiger partial charge in [0, 0.05) is 23.1 Å². The maximum absolute atomic E-state index is 14.9. The van der Waals surface area contributed by atoms with Crippen LogP contribution >= 0.6 is 0 Å². The van der Waals surface area contributed by atoms with E-state index in [1.54, 1.807) is 4.90 Å². The first-order valence-corrected chi connectivity index (χ1v) is 19.5. The number of aliphatic hydroxyl groups is 2. The van der Waals surface area contributed by atoms with Crippen molar-refractivity contribution in [1.29, 1.82) is 0 Å². The molecule has 4 aromatic rings. The minimum atomic E-state index is -1.20. The summed E-state index contributed by atoms with van der Waals surface area (Å²) in [6.07, 6.45) is 7.00. The molecule has 0 saturated heterocycles. The number of ketones is 1. The van der Waals surface area contributed by atoms with Crippen molar-refractivity contribution in [2.45, 2.75) is 103 Å². The van der Waals surface area contributed by atoms with Gasteiger partial charge in [-0.3, -0.25) is 4.79 Å². The molecular formula is C47H56N2O4.